The number of aliphatic hydroxyl groups excluding tert-OH is 1. The van der Waals surface area contributed by atoms with Crippen LogP contribution in [0.2, 0.25) is 0 Å². The number of aliphatic hydroxyl groups is 1. The number of hydrogen-bond donors (Lipinski definition) is 3. The number of nitrogens with one attached hydrogen (secondary N) is 2. The predicted octanol–water partition coefficient (Wildman–Crippen LogP) is 3.62. The van der Waals surface area contributed by atoms with Gasteiger partial charge in [0.2, 0.25) is 0 Å². The van der Waals surface area contributed by atoms with Crippen molar-refractivity contribution in [2.75, 3.05) is 32.5 Å². The first-order valence-corrected chi connectivity index (χ1v) is 12.9. The van der Waals surface area contributed by atoms with Gasteiger partial charge in [-0.15, -0.1) is 0 Å². The van der Waals surface area contributed by atoms with Crippen molar-refractivity contribution in [1.29, 1.82) is 0 Å². The number of nitrogens with zero attached hydrogens (tertiary/aromatic N) is 5. The van der Waals surface area contributed by atoms with E-state index < -0.39 is 0 Å². The van der Waals surface area contributed by atoms with Gasteiger partial charge in [-0.05, 0) is 82.1 Å². The number of hydrogen-bond acceptors (Lipinski definition) is 7. The molecule has 0 bridgehead atoms. The quantitative estimate of drug-likeness (QED) is 0.315. The minimum absolute atomic E-state index is 0.117. The van der Waals surface area contributed by atoms with Crippen LogP contribution in [0.25, 0.3) is 16.9 Å². The number of carbonyl (C=O) groups is 1. The SMILES string of the molecule is C=N/C(=C\C=C(/C)N1CCC(O)CC1)Nc1ccc(-c2cnc3cc(CN(C)C)ccn23)c2c1C(=O)NC2. The van der Waals surface area contributed by atoms with Crippen molar-refractivity contribution in [3.63, 3.8) is 0 Å². The summed E-state index contributed by atoms with van der Waals surface area (Å²) in [6.45, 7) is 8.72. The maximum atomic E-state index is 12.9. The highest BCUT2D eigenvalue weighted by atomic mass is 16.3. The molecule has 1 aromatic carbocycles. The average molecular weight is 514 g/mol. The van der Waals surface area contributed by atoms with Gasteiger partial charge in [0.25, 0.3) is 5.91 Å². The van der Waals surface area contributed by atoms with E-state index in [1.807, 2.05) is 57.7 Å². The van der Waals surface area contributed by atoms with E-state index in [-0.39, 0.29) is 12.0 Å². The number of carbonyl (C=O) groups excluding carboxylic acids is 1. The molecule has 2 aliphatic rings. The number of imidazole rings is 1. The van der Waals surface area contributed by atoms with Crippen molar-refractivity contribution >= 4 is 24.0 Å². The number of fused-ring (bicyclic) bond motifs is 2. The molecular weight excluding hydrogens is 478 g/mol. The van der Waals surface area contributed by atoms with Crippen molar-refractivity contribution in [3.05, 3.63) is 77.0 Å². The maximum Gasteiger partial charge on any atom is 0.254 e. The van der Waals surface area contributed by atoms with Crippen molar-refractivity contribution in [1.82, 2.24) is 24.5 Å². The lowest BCUT2D eigenvalue weighted by Crippen LogP contribution is -2.34. The summed E-state index contributed by atoms with van der Waals surface area (Å²) in [7, 11) is 4.09. The van der Waals surface area contributed by atoms with E-state index in [4.69, 9.17) is 0 Å². The minimum atomic E-state index is -0.209. The lowest BCUT2D eigenvalue weighted by Gasteiger charge is -2.31. The Kier molecular flexibility index (Phi) is 7.31. The number of piperidine rings is 1. The molecule has 3 N–H and O–H groups in total. The van der Waals surface area contributed by atoms with Crippen molar-refractivity contribution in [2.24, 2.45) is 4.99 Å². The first kappa shape index (κ1) is 25.7. The van der Waals surface area contributed by atoms with Crippen LogP contribution in [-0.2, 0) is 13.1 Å². The molecule has 0 atom stereocenters. The summed E-state index contributed by atoms with van der Waals surface area (Å²) in [4.78, 5) is 26.1. The van der Waals surface area contributed by atoms with Crippen LogP contribution < -0.4 is 10.6 Å². The molecular formula is C29H35N7O2. The molecule has 5 rings (SSSR count). The van der Waals surface area contributed by atoms with E-state index >= 15 is 0 Å². The number of anilines is 1. The van der Waals surface area contributed by atoms with Gasteiger partial charge in [-0.3, -0.25) is 9.20 Å². The lowest BCUT2D eigenvalue weighted by atomic mass is 9.99. The third-order valence-electron chi connectivity index (χ3n) is 7.20. The van der Waals surface area contributed by atoms with Crippen molar-refractivity contribution in [2.45, 2.75) is 39.0 Å². The van der Waals surface area contributed by atoms with E-state index in [0.717, 1.165) is 60.6 Å². The molecule has 4 heterocycles. The number of likely N-dealkylation sites (tertiary alicyclic amines) is 1. The summed E-state index contributed by atoms with van der Waals surface area (Å²) in [5.41, 5.74) is 7.31. The second kappa shape index (κ2) is 10.8. The van der Waals surface area contributed by atoms with Crippen LogP contribution in [0.4, 0.5) is 5.69 Å². The van der Waals surface area contributed by atoms with Gasteiger partial charge in [0, 0.05) is 43.6 Å². The molecule has 0 aliphatic carbocycles. The number of aromatic nitrogens is 2. The summed E-state index contributed by atoms with van der Waals surface area (Å²) in [5.74, 6) is 0.438. The van der Waals surface area contributed by atoms with E-state index in [0.29, 0.717) is 23.6 Å². The highest BCUT2D eigenvalue weighted by molar-refractivity contribution is 6.05. The predicted molar refractivity (Wildman–Crippen MR) is 151 cm³/mol. The summed E-state index contributed by atoms with van der Waals surface area (Å²) >= 11 is 0. The lowest BCUT2D eigenvalue weighted by molar-refractivity contribution is 0.0963. The molecule has 38 heavy (non-hydrogen) atoms. The fraction of sp³-hybridized carbons (Fsp3) is 0.345. The maximum absolute atomic E-state index is 12.9. The fourth-order valence-electron chi connectivity index (χ4n) is 5.17. The average Bonchev–Trinajstić information content (AvgIpc) is 3.50. The van der Waals surface area contributed by atoms with Gasteiger partial charge in [0.15, 0.2) is 0 Å². The summed E-state index contributed by atoms with van der Waals surface area (Å²) < 4.78 is 2.06. The number of rotatable bonds is 8. The normalized spacial score (nSPS) is 16.8. The minimum Gasteiger partial charge on any atom is -0.393 e. The highest BCUT2D eigenvalue weighted by Gasteiger charge is 2.27. The second-order valence-corrected chi connectivity index (χ2v) is 10.2. The fourth-order valence-corrected chi connectivity index (χ4v) is 5.17. The van der Waals surface area contributed by atoms with Gasteiger partial charge in [-0.1, -0.05) is 6.07 Å². The molecule has 0 radical (unpaired) electrons. The molecule has 198 valence electrons. The zero-order valence-electron chi connectivity index (χ0n) is 22.2. The monoisotopic (exact) mass is 513 g/mol. The Labute approximate surface area is 223 Å². The van der Waals surface area contributed by atoms with Crippen LogP contribution in [0.15, 0.2) is 65.3 Å². The van der Waals surface area contributed by atoms with E-state index in [1.54, 1.807) is 0 Å². The first-order chi connectivity index (χ1) is 18.3. The molecule has 3 aromatic rings. The van der Waals surface area contributed by atoms with E-state index in [9.17, 15) is 9.90 Å². The van der Waals surface area contributed by atoms with Crippen LogP contribution in [-0.4, -0.2) is 70.2 Å². The second-order valence-electron chi connectivity index (χ2n) is 10.2. The third kappa shape index (κ3) is 5.20. The highest BCUT2D eigenvalue weighted by Crippen LogP contribution is 2.35. The Bertz CT molecular complexity index is 1430. The largest absolute Gasteiger partial charge is 0.393 e. The van der Waals surface area contributed by atoms with Gasteiger partial charge < -0.3 is 25.5 Å². The number of benzene rings is 1. The zero-order valence-corrected chi connectivity index (χ0v) is 22.2. The van der Waals surface area contributed by atoms with E-state index in [1.165, 1.54) is 5.56 Å². The van der Waals surface area contributed by atoms with Gasteiger partial charge in [0.1, 0.15) is 11.5 Å². The Morgan fingerprint density at radius 3 is 2.82 bits per heavy atom. The third-order valence-corrected chi connectivity index (χ3v) is 7.20. The Morgan fingerprint density at radius 1 is 1.29 bits per heavy atom. The summed E-state index contributed by atoms with van der Waals surface area (Å²) in [6.07, 6.45) is 9.11. The topological polar surface area (TPSA) is 97.5 Å². The van der Waals surface area contributed by atoms with Gasteiger partial charge in [-0.2, -0.15) is 0 Å². The molecule has 0 saturated carbocycles. The summed E-state index contributed by atoms with van der Waals surface area (Å²) in [6, 6.07) is 8.14. The van der Waals surface area contributed by atoms with Crippen LogP contribution in [0.3, 0.4) is 0 Å². The van der Waals surface area contributed by atoms with Gasteiger partial charge in [0.05, 0.1) is 29.2 Å². The Morgan fingerprint density at radius 2 is 2.08 bits per heavy atom. The smallest absolute Gasteiger partial charge is 0.254 e. The molecule has 0 spiro atoms. The molecule has 2 aliphatic heterocycles. The van der Waals surface area contributed by atoms with Gasteiger partial charge >= 0.3 is 0 Å². The number of allylic oxidation sites excluding steroid dienone is 3. The van der Waals surface area contributed by atoms with Crippen LogP contribution in [0.5, 0.6) is 0 Å². The molecule has 1 fully saturated rings. The Hall–Kier alpha value is -3.95. The van der Waals surface area contributed by atoms with E-state index in [2.05, 4.69) is 53.7 Å². The molecule has 1 amide bonds. The molecule has 1 saturated heterocycles. The van der Waals surface area contributed by atoms with Crippen LogP contribution >= 0.6 is 0 Å². The van der Waals surface area contributed by atoms with Crippen molar-refractivity contribution in [3.8, 4) is 11.3 Å². The van der Waals surface area contributed by atoms with Crippen LogP contribution in [0.1, 0.15) is 41.3 Å². The number of aliphatic imine (C=N–C) groups is 1. The van der Waals surface area contributed by atoms with Crippen LogP contribution in [0, 0.1) is 0 Å². The summed E-state index contributed by atoms with van der Waals surface area (Å²) in [5, 5.41) is 16.0. The Balaban J connectivity index is 1.43. The zero-order chi connectivity index (χ0) is 26.8. The number of pyridine rings is 1. The number of amides is 1. The molecule has 2 aromatic heterocycles. The molecule has 0 unspecified atom stereocenters. The van der Waals surface area contributed by atoms with Crippen molar-refractivity contribution < 1.29 is 9.90 Å². The van der Waals surface area contributed by atoms with Gasteiger partial charge in [-0.25, -0.2) is 9.98 Å². The standard InChI is InChI=1S/C29H35N7O2/c1-19(35-12-10-21(37)11-13-35)5-8-26(30-2)33-24-7-6-22(23-16-32-29(38)28(23)24)25-17-31-27-15-20(18-34(3)4)9-14-36(25)27/h5-9,14-15,17,21,33,37H,2,10-13,16,18H2,1,3-4H3,(H,32,38)/b19-5+,26-8+. The molecule has 9 heteroatoms. The first-order valence-electron chi connectivity index (χ1n) is 12.9. The molecule has 9 nitrogen and oxygen atoms in total.